The monoisotopic (exact) mass is 453 g/mol. The van der Waals surface area contributed by atoms with Gasteiger partial charge in [0.1, 0.15) is 11.4 Å². The highest BCUT2D eigenvalue weighted by Crippen LogP contribution is 2.30. The molecule has 0 aliphatic carbocycles. The molecular formula is C23H21Cl2N5O. The number of aromatic nitrogens is 3. The second kappa shape index (κ2) is 9.22. The Balaban J connectivity index is 0.00000136. The van der Waals surface area contributed by atoms with Crippen molar-refractivity contribution in [1.29, 1.82) is 0 Å². The summed E-state index contributed by atoms with van der Waals surface area (Å²) in [6.07, 6.45) is 0. The molecule has 5 rings (SSSR count). The average Bonchev–Trinajstić information content (AvgIpc) is 3.31. The minimum absolute atomic E-state index is 0. The van der Waals surface area contributed by atoms with E-state index in [1.54, 1.807) is 0 Å². The van der Waals surface area contributed by atoms with E-state index in [0.717, 1.165) is 22.2 Å². The molecule has 0 unspecified atom stereocenters. The fraction of sp³-hybridized carbons (Fsp3) is 0.0435. The Morgan fingerprint density at radius 1 is 0.839 bits per heavy atom. The van der Waals surface area contributed by atoms with E-state index in [0.29, 0.717) is 23.7 Å². The van der Waals surface area contributed by atoms with E-state index < -0.39 is 0 Å². The number of hydrogen-bond donors (Lipinski definition) is 2. The number of amides is 1. The Bertz CT molecular complexity index is 1330. The van der Waals surface area contributed by atoms with Gasteiger partial charge in [0.2, 0.25) is 5.78 Å². The van der Waals surface area contributed by atoms with E-state index in [4.69, 9.17) is 10.8 Å². The van der Waals surface area contributed by atoms with E-state index in [1.807, 2.05) is 77.2 Å². The van der Waals surface area contributed by atoms with Crippen LogP contribution in [0.3, 0.4) is 0 Å². The van der Waals surface area contributed by atoms with E-state index in [9.17, 15) is 4.79 Å². The summed E-state index contributed by atoms with van der Waals surface area (Å²) in [5, 5.41) is 0. The van der Waals surface area contributed by atoms with E-state index in [-0.39, 0.29) is 30.7 Å². The molecule has 5 aromatic rings. The largest absolute Gasteiger partial charge is 0.305 e. The zero-order valence-corrected chi connectivity index (χ0v) is 18.1. The molecule has 0 radical (unpaired) electrons. The van der Waals surface area contributed by atoms with Gasteiger partial charge in [0, 0.05) is 5.56 Å². The van der Waals surface area contributed by atoms with Crippen LogP contribution in [0.2, 0.25) is 0 Å². The van der Waals surface area contributed by atoms with Crippen LogP contribution in [-0.4, -0.2) is 19.9 Å². The summed E-state index contributed by atoms with van der Waals surface area (Å²) in [5.74, 6) is 5.85. The first kappa shape index (κ1) is 22.4. The molecule has 8 heteroatoms. The molecule has 0 saturated carbocycles. The number of para-hydroxylation sites is 2. The highest BCUT2D eigenvalue weighted by atomic mass is 35.5. The number of hydrazine groups is 1. The molecule has 0 atom stereocenters. The number of imidazole rings is 2. The fourth-order valence-electron chi connectivity index (χ4n) is 3.80. The molecule has 3 aromatic carbocycles. The summed E-state index contributed by atoms with van der Waals surface area (Å²) in [7, 11) is 0. The first-order chi connectivity index (χ1) is 14.3. The molecule has 0 spiro atoms. The number of fused-ring (bicyclic) bond motifs is 3. The number of nitrogens with one attached hydrogen (secondary N) is 1. The maximum Gasteiger partial charge on any atom is 0.284 e. The van der Waals surface area contributed by atoms with Gasteiger partial charge in [0.15, 0.2) is 0 Å². The standard InChI is InChI=1S/C23H19N5O.2ClH/c24-26-22(29)21-20(17-11-5-2-6-12-17)25-23-27(15-16-9-3-1-4-10-16)18-13-7-8-14-19(18)28(21)23;;/h1-14H,15,24H2,(H,26,29);2*1H. The number of nitrogens with two attached hydrogens (primary N) is 1. The molecule has 0 bridgehead atoms. The van der Waals surface area contributed by atoms with Crippen LogP contribution in [-0.2, 0) is 6.54 Å². The van der Waals surface area contributed by atoms with Crippen molar-refractivity contribution in [2.24, 2.45) is 5.84 Å². The van der Waals surface area contributed by atoms with Gasteiger partial charge in [-0.15, -0.1) is 24.8 Å². The Labute approximate surface area is 191 Å². The van der Waals surface area contributed by atoms with Crippen LogP contribution >= 0.6 is 24.8 Å². The van der Waals surface area contributed by atoms with Crippen LogP contribution in [0.1, 0.15) is 16.1 Å². The van der Waals surface area contributed by atoms with Gasteiger partial charge in [0.25, 0.3) is 5.91 Å². The number of carbonyl (C=O) groups excluding carboxylic acids is 1. The number of benzene rings is 3. The fourth-order valence-corrected chi connectivity index (χ4v) is 3.80. The number of rotatable bonds is 4. The molecule has 31 heavy (non-hydrogen) atoms. The predicted octanol–water partition coefficient (Wildman–Crippen LogP) is 4.45. The van der Waals surface area contributed by atoms with Crippen molar-refractivity contribution in [3.63, 3.8) is 0 Å². The second-order valence-corrected chi connectivity index (χ2v) is 6.84. The van der Waals surface area contributed by atoms with E-state index in [2.05, 4.69) is 22.1 Å². The third kappa shape index (κ3) is 3.77. The Morgan fingerprint density at radius 3 is 2.06 bits per heavy atom. The molecule has 2 aromatic heterocycles. The molecular weight excluding hydrogens is 433 g/mol. The molecule has 0 aliphatic rings. The summed E-state index contributed by atoms with van der Waals surface area (Å²) in [6.45, 7) is 0.646. The first-order valence-electron chi connectivity index (χ1n) is 9.38. The number of nitrogens with zero attached hydrogens (tertiary/aromatic N) is 3. The minimum Gasteiger partial charge on any atom is -0.305 e. The quantitative estimate of drug-likeness (QED) is 0.239. The average molecular weight is 454 g/mol. The lowest BCUT2D eigenvalue weighted by atomic mass is 10.1. The van der Waals surface area contributed by atoms with Gasteiger partial charge in [-0.3, -0.25) is 14.6 Å². The number of hydrogen-bond acceptors (Lipinski definition) is 3. The van der Waals surface area contributed by atoms with Crippen molar-refractivity contribution < 1.29 is 4.79 Å². The zero-order chi connectivity index (χ0) is 19.8. The number of halogens is 2. The lowest BCUT2D eigenvalue weighted by Gasteiger charge is -2.06. The summed E-state index contributed by atoms with van der Waals surface area (Å²) >= 11 is 0. The Kier molecular flexibility index (Phi) is 6.65. The van der Waals surface area contributed by atoms with Gasteiger partial charge in [-0.25, -0.2) is 10.8 Å². The second-order valence-electron chi connectivity index (χ2n) is 6.84. The molecule has 1 amide bonds. The number of nitrogen functional groups attached to an aromatic ring is 1. The van der Waals surface area contributed by atoms with Crippen LogP contribution in [0.25, 0.3) is 28.1 Å². The number of carbonyl (C=O) groups is 1. The van der Waals surface area contributed by atoms with E-state index in [1.165, 1.54) is 0 Å². The van der Waals surface area contributed by atoms with Crippen molar-refractivity contribution in [3.8, 4) is 11.3 Å². The van der Waals surface area contributed by atoms with Crippen LogP contribution in [0, 0.1) is 0 Å². The highest BCUT2D eigenvalue weighted by Gasteiger charge is 2.25. The zero-order valence-electron chi connectivity index (χ0n) is 16.4. The molecule has 6 nitrogen and oxygen atoms in total. The maximum absolute atomic E-state index is 12.8. The molecule has 3 N–H and O–H groups in total. The van der Waals surface area contributed by atoms with E-state index >= 15 is 0 Å². The van der Waals surface area contributed by atoms with Gasteiger partial charge in [0.05, 0.1) is 17.6 Å². The van der Waals surface area contributed by atoms with Crippen molar-refractivity contribution in [1.82, 2.24) is 19.4 Å². The Morgan fingerprint density at radius 2 is 1.42 bits per heavy atom. The smallest absolute Gasteiger partial charge is 0.284 e. The highest BCUT2D eigenvalue weighted by molar-refractivity contribution is 6.01. The summed E-state index contributed by atoms with van der Waals surface area (Å²) in [6, 6.07) is 27.9. The van der Waals surface area contributed by atoms with Crippen LogP contribution in [0.5, 0.6) is 0 Å². The van der Waals surface area contributed by atoms with Gasteiger partial charge in [-0.2, -0.15) is 0 Å². The lowest BCUT2D eigenvalue weighted by molar-refractivity contribution is 0.0949. The Hall–Kier alpha value is -3.32. The summed E-state index contributed by atoms with van der Waals surface area (Å²) in [5.41, 5.74) is 7.26. The third-order valence-electron chi connectivity index (χ3n) is 5.09. The van der Waals surface area contributed by atoms with Gasteiger partial charge >= 0.3 is 0 Å². The minimum atomic E-state index is -0.376. The van der Waals surface area contributed by atoms with Crippen molar-refractivity contribution in [2.45, 2.75) is 6.54 Å². The normalized spacial score (nSPS) is 10.5. The SMILES string of the molecule is Cl.Cl.NNC(=O)c1c(-c2ccccc2)nc2n(Cc3ccccc3)c3ccccc3n12. The van der Waals surface area contributed by atoms with Crippen molar-refractivity contribution in [2.75, 3.05) is 0 Å². The van der Waals surface area contributed by atoms with Crippen molar-refractivity contribution in [3.05, 3.63) is 96.2 Å². The van der Waals surface area contributed by atoms with Gasteiger partial charge in [-0.1, -0.05) is 72.8 Å². The molecule has 158 valence electrons. The summed E-state index contributed by atoms with van der Waals surface area (Å²) in [4.78, 5) is 17.7. The van der Waals surface area contributed by atoms with Crippen molar-refractivity contribution >= 4 is 47.5 Å². The third-order valence-corrected chi connectivity index (χ3v) is 5.09. The van der Waals surface area contributed by atoms with Gasteiger partial charge in [-0.05, 0) is 17.7 Å². The topological polar surface area (TPSA) is 77.3 Å². The first-order valence-corrected chi connectivity index (χ1v) is 9.38. The lowest BCUT2D eigenvalue weighted by Crippen LogP contribution is -2.31. The molecule has 0 saturated heterocycles. The summed E-state index contributed by atoms with van der Waals surface area (Å²) < 4.78 is 4.02. The molecule has 0 aliphatic heterocycles. The van der Waals surface area contributed by atoms with Crippen LogP contribution in [0.15, 0.2) is 84.9 Å². The molecule has 0 fully saturated rings. The molecule has 2 heterocycles. The predicted molar refractivity (Wildman–Crippen MR) is 128 cm³/mol. The van der Waals surface area contributed by atoms with Crippen LogP contribution < -0.4 is 11.3 Å². The van der Waals surface area contributed by atoms with Gasteiger partial charge < -0.3 is 4.57 Å². The maximum atomic E-state index is 12.8. The van der Waals surface area contributed by atoms with Crippen LogP contribution in [0.4, 0.5) is 0 Å².